The molecule has 2 saturated heterocycles. The van der Waals surface area contributed by atoms with Crippen molar-refractivity contribution in [2.24, 2.45) is 5.92 Å². The Morgan fingerprint density at radius 2 is 1.80 bits per heavy atom. The molecule has 0 aromatic heterocycles. The molecule has 2 rings (SSSR count). The zero-order chi connectivity index (χ0) is 14.9. The predicted molar refractivity (Wildman–Crippen MR) is 73.9 cm³/mol. The quantitative estimate of drug-likeness (QED) is 0.784. The van der Waals surface area contributed by atoms with Crippen molar-refractivity contribution in [3.63, 3.8) is 0 Å². The van der Waals surface area contributed by atoms with Gasteiger partial charge < -0.3 is 10.2 Å². The van der Waals surface area contributed by atoms with Gasteiger partial charge in [0.2, 0.25) is 5.91 Å². The van der Waals surface area contributed by atoms with Crippen LogP contribution in [0.2, 0.25) is 0 Å². The Hall–Kier alpha value is -1.59. The molecule has 4 amide bonds. The average Bonchev–Trinajstić information content (AvgIpc) is 2.66. The molecule has 0 saturated carbocycles. The Bertz CT molecular complexity index is 423. The lowest BCUT2D eigenvalue weighted by Gasteiger charge is -2.38. The second-order valence-corrected chi connectivity index (χ2v) is 5.72. The number of nitrogens with zero attached hydrogens (tertiary/aromatic N) is 2. The molecule has 1 N–H and O–H groups in total. The van der Waals surface area contributed by atoms with Gasteiger partial charge in [-0.25, -0.2) is 4.79 Å². The van der Waals surface area contributed by atoms with Crippen LogP contribution in [0.4, 0.5) is 4.79 Å². The smallest absolute Gasteiger partial charge is 0.324 e. The first kappa shape index (κ1) is 14.8. The van der Waals surface area contributed by atoms with Gasteiger partial charge in [0.05, 0.1) is 0 Å². The molecule has 2 aliphatic rings. The maximum absolute atomic E-state index is 12.3. The SMILES string of the molecule is CCC(CC)C(=O)N1CCC2(CC1)NC(=O)N(C)C2=O. The Balaban J connectivity index is 2.01. The zero-order valence-corrected chi connectivity index (χ0v) is 12.4. The van der Waals surface area contributed by atoms with E-state index in [1.807, 2.05) is 18.7 Å². The van der Waals surface area contributed by atoms with Crippen molar-refractivity contribution in [1.82, 2.24) is 15.1 Å². The minimum Gasteiger partial charge on any atom is -0.342 e. The van der Waals surface area contributed by atoms with Crippen LogP contribution >= 0.6 is 0 Å². The molecule has 2 heterocycles. The fraction of sp³-hybridized carbons (Fsp3) is 0.786. The van der Waals surface area contributed by atoms with Crippen molar-refractivity contribution in [2.45, 2.75) is 45.1 Å². The van der Waals surface area contributed by atoms with Crippen molar-refractivity contribution in [1.29, 1.82) is 0 Å². The first-order chi connectivity index (χ1) is 9.45. The van der Waals surface area contributed by atoms with E-state index in [1.165, 1.54) is 7.05 Å². The molecule has 20 heavy (non-hydrogen) atoms. The van der Waals surface area contributed by atoms with E-state index in [0.717, 1.165) is 17.7 Å². The molecule has 2 fully saturated rings. The third kappa shape index (κ3) is 2.27. The highest BCUT2D eigenvalue weighted by Crippen LogP contribution is 2.29. The fourth-order valence-corrected chi connectivity index (χ4v) is 3.10. The molecular formula is C14H23N3O3. The van der Waals surface area contributed by atoms with Gasteiger partial charge in [0.1, 0.15) is 5.54 Å². The van der Waals surface area contributed by atoms with Crippen LogP contribution in [-0.2, 0) is 9.59 Å². The molecule has 2 aliphatic heterocycles. The highest BCUT2D eigenvalue weighted by atomic mass is 16.2. The van der Waals surface area contributed by atoms with Gasteiger partial charge in [-0.05, 0) is 25.7 Å². The van der Waals surface area contributed by atoms with Crippen LogP contribution in [0.25, 0.3) is 0 Å². The number of nitrogens with one attached hydrogen (secondary N) is 1. The van der Waals surface area contributed by atoms with Gasteiger partial charge in [-0.15, -0.1) is 0 Å². The van der Waals surface area contributed by atoms with Crippen LogP contribution in [0, 0.1) is 5.92 Å². The first-order valence-corrected chi connectivity index (χ1v) is 7.34. The molecule has 0 aromatic rings. The van der Waals surface area contributed by atoms with Crippen molar-refractivity contribution >= 4 is 17.8 Å². The summed E-state index contributed by atoms with van der Waals surface area (Å²) in [6.45, 7) is 5.12. The Kier molecular flexibility index (Phi) is 4.01. The van der Waals surface area contributed by atoms with E-state index in [-0.39, 0.29) is 23.8 Å². The topological polar surface area (TPSA) is 69.7 Å². The minimum absolute atomic E-state index is 0.0700. The molecule has 112 valence electrons. The number of urea groups is 1. The predicted octanol–water partition coefficient (Wildman–Crippen LogP) is 0.965. The van der Waals surface area contributed by atoms with Crippen LogP contribution in [0.15, 0.2) is 0 Å². The number of hydrogen-bond donors (Lipinski definition) is 1. The average molecular weight is 281 g/mol. The van der Waals surface area contributed by atoms with Gasteiger partial charge >= 0.3 is 6.03 Å². The van der Waals surface area contributed by atoms with E-state index in [9.17, 15) is 14.4 Å². The summed E-state index contributed by atoms with van der Waals surface area (Å²) in [5, 5.41) is 2.78. The highest BCUT2D eigenvalue weighted by Gasteiger charge is 2.51. The Morgan fingerprint density at radius 3 is 2.20 bits per heavy atom. The van der Waals surface area contributed by atoms with Crippen molar-refractivity contribution < 1.29 is 14.4 Å². The number of piperidine rings is 1. The Morgan fingerprint density at radius 1 is 1.25 bits per heavy atom. The number of likely N-dealkylation sites (N-methyl/N-ethyl adjacent to an activating group) is 1. The van der Waals surface area contributed by atoms with Crippen molar-refractivity contribution in [3.05, 3.63) is 0 Å². The van der Waals surface area contributed by atoms with E-state index in [2.05, 4.69) is 5.32 Å². The molecule has 6 heteroatoms. The normalized spacial score (nSPS) is 21.8. The molecule has 0 radical (unpaired) electrons. The van der Waals surface area contributed by atoms with Crippen LogP contribution in [-0.4, -0.2) is 53.3 Å². The number of rotatable bonds is 3. The number of hydrogen-bond acceptors (Lipinski definition) is 3. The highest BCUT2D eigenvalue weighted by molar-refractivity contribution is 6.06. The molecule has 6 nitrogen and oxygen atoms in total. The Labute approximate surface area is 119 Å². The minimum atomic E-state index is -0.781. The summed E-state index contributed by atoms with van der Waals surface area (Å²) in [7, 11) is 1.49. The van der Waals surface area contributed by atoms with Crippen molar-refractivity contribution in [3.8, 4) is 0 Å². The number of carbonyl (C=O) groups excluding carboxylic acids is 3. The summed E-state index contributed by atoms with van der Waals surface area (Å²) >= 11 is 0. The number of amides is 4. The lowest BCUT2D eigenvalue weighted by molar-refractivity contribution is -0.141. The molecule has 0 unspecified atom stereocenters. The maximum Gasteiger partial charge on any atom is 0.324 e. The van der Waals surface area contributed by atoms with E-state index >= 15 is 0 Å². The first-order valence-electron chi connectivity index (χ1n) is 7.34. The van der Waals surface area contributed by atoms with Crippen LogP contribution < -0.4 is 5.32 Å². The van der Waals surface area contributed by atoms with E-state index in [4.69, 9.17) is 0 Å². The molecule has 0 atom stereocenters. The zero-order valence-electron chi connectivity index (χ0n) is 12.4. The summed E-state index contributed by atoms with van der Waals surface area (Å²) in [6.07, 6.45) is 2.70. The van der Waals surface area contributed by atoms with Crippen LogP contribution in [0.3, 0.4) is 0 Å². The van der Waals surface area contributed by atoms with Gasteiger partial charge in [-0.2, -0.15) is 0 Å². The number of likely N-dealkylation sites (tertiary alicyclic amines) is 1. The summed E-state index contributed by atoms with van der Waals surface area (Å²) in [4.78, 5) is 39.0. The summed E-state index contributed by atoms with van der Waals surface area (Å²) < 4.78 is 0. The van der Waals surface area contributed by atoms with Gasteiger partial charge in [-0.3, -0.25) is 14.5 Å². The maximum atomic E-state index is 12.3. The number of imide groups is 1. The molecular weight excluding hydrogens is 258 g/mol. The van der Waals surface area contributed by atoms with Crippen LogP contribution in [0.1, 0.15) is 39.5 Å². The third-order valence-electron chi connectivity index (χ3n) is 4.63. The molecule has 0 bridgehead atoms. The number of carbonyl (C=O) groups is 3. The van der Waals surface area contributed by atoms with E-state index in [1.54, 1.807) is 0 Å². The summed E-state index contributed by atoms with van der Waals surface area (Å²) in [5.41, 5.74) is -0.781. The third-order valence-corrected chi connectivity index (χ3v) is 4.63. The summed E-state index contributed by atoms with van der Waals surface area (Å²) in [5.74, 6) is 0.0766. The summed E-state index contributed by atoms with van der Waals surface area (Å²) in [6, 6.07) is -0.338. The van der Waals surface area contributed by atoms with Crippen molar-refractivity contribution in [2.75, 3.05) is 20.1 Å². The van der Waals surface area contributed by atoms with Crippen LogP contribution in [0.5, 0.6) is 0 Å². The molecule has 0 aromatic carbocycles. The van der Waals surface area contributed by atoms with E-state index < -0.39 is 5.54 Å². The van der Waals surface area contributed by atoms with Gasteiger partial charge in [0.25, 0.3) is 5.91 Å². The van der Waals surface area contributed by atoms with Gasteiger partial charge in [-0.1, -0.05) is 13.8 Å². The van der Waals surface area contributed by atoms with E-state index in [0.29, 0.717) is 25.9 Å². The second kappa shape index (κ2) is 5.42. The largest absolute Gasteiger partial charge is 0.342 e. The standard InChI is InChI=1S/C14H23N3O3/c1-4-10(5-2)11(18)17-8-6-14(7-9-17)12(19)16(3)13(20)15-14/h10H,4-9H2,1-3H3,(H,15,20). The van der Waals surface area contributed by atoms with Gasteiger partial charge in [0, 0.05) is 26.1 Å². The lowest BCUT2D eigenvalue weighted by atomic mass is 9.86. The monoisotopic (exact) mass is 281 g/mol. The lowest BCUT2D eigenvalue weighted by Crippen LogP contribution is -2.56. The molecule has 0 aliphatic carbocycles. The van der Waals surface area contributed by atoms with Gasteiger partial charge in [0.15, 0.2) is 0 Å². The fourth-order valence-electron chi connectivity index (χ4n) is 3.10. The molecule has 1 spiro atoms. The second-order valence-electron chi connectivity index (χ2n) is 5.72.